The Hall–Kier alpha value is -4.49. The number of carbonyl (C=O) groups excluding carboxylic acids is 1. The first kappa shape index (κ1) is 23.2. The second-order valence-electron chi connectivity index (χ2n) is 6.80. The van der Waals surface area contributed by atoms with Gasteiger partial charge in [0, 0.05) is 12.1 Å². The van der Waals surface area contributed by atoms with Crippen molar-refractivity contribution in [1.29, 1.82) is 5.26 Å². The van der Waals surface area contributed by atoms with Crippen LogP contribution in [0, 0.1) is 28.4 Å². The van der Waals surface area contributed by atoms with E-state index in [9.17, 15) is 28.6 Å². The van der Waals surface area contributed by atoms with Gasteiger partial charge < -0.3 is 9.50 Å². The van der Waals surface area contributed by atoms with E-state index < -0.39 is 20.9 Å². The minimum absolute atomic E-state index is 0.00820. The molecule has 1 N–H and O–H groups in total. The number of nitrogens with one attached hydrogen (secondary N) is 1. The molecule has 0 fully saturated rings. The maximum atomic E-state index is 12.5. The van der Waals surface area contributed by atoms with Crippen molar-refractivity contribution >= 4 is 33.5 Å². The van der Waals surface area contributed by atoms with Crippen molar-refractivity contribution < 1.29 is 22.3 Å². The first-order chi connectivity index (χ1) is 15.7. The Kier molecular flexibility index (Phi) is 6.85. The van der Waals surface area contributed by atoms with Gasteiger partial charge in [-0.25, -0.2) is 0 Å². The number of nitro benzene ring substituents is 1. The van der Waals surface area contributed by atoms with Crippen LogP contribution in [-0.4, -0.2) is 19.2 Å². The first-order valence-corrected chi connectivity index (χ1v) is 10.9. The third-order valence-electron chi connectivity index (χ3n) is 4.47. The van der Waals surface area contributed by atoms with Gasteiger partial charge in [-0.1, -0.05) is 36.4 Å². The fraction of sp³-hybridized carbons (Fsp3) is 0.0435. The third-order valence-corrected chi connectivity index (χ3v) is 5.74. The van der Waals surface area contributed by atoms with Crippen LogP contribution in [0.25, 0.3) is 6.08 Å². The summed E-state index contributed by atoms with van der Waals surface area (Å²) in [6.07, 6.45) is 1.30. The highest BCUT2D eigenvalue weighted by Gasteiger charge is 2.17. The van der Waals surface area contributed by atoms with Gasteiger partial charge in [-0.2, -0.15) is 13.7 Å². The van der Waals surface area contributed by atoms with E-state index >= 15 is 0 Å². The molecule has 0 aliphatic heterocycles. The molecule has 166 valence electrons. The topological polar surface area (TPSA) is 139 Å². The van der Waals surface area contributed by atoms with E-state index in [-0.39, 0.29) is 27.6 Å². The van der Waals surface area contributed by atoms with Gasteiger partial charge in [-0.3, -0.25) is 14.9 Å². The molecule has 3 aromatic carbocycles. The number of benzene rings is 3. The van der Waals surface area contributed by atoms with Gasteiger partial charge in [0.25, 0.3) is 11.6 Å². The molecule has 0 radical (unpaired) electrons. The molecule has 33 heavy (non-hydrogen) atoms. The van der Waals surface area contributed by atoms with Crippen LogP contribution in [0.15, 0.2) is 83.3 Å². The minimum atomic E-state index is -4.00. The standard InChI is InChI=1S/C23H17N3O6S/c1-16-7-10-19(26(28)29)14-22(16)25-23(27)18(15-24)13-17-8-11-20(12-9-17)32-33(30,31)21-5-3-2-4-6-21/h2-14H,1H3,(H,25,27)/b18-13+. The van der Waals surface area contributed by atoms with Gasteiger partial charge in [-0.15, -0.1) is 0 Å². The Balaban J connectivity index is 1.76. The second kappa shape index (κ2) is 9.76. The molecule has 3 rings (SSSR count). The van der Waals surface area contributed by atoms with Gasteiger partial charge in [0.15, 0.2) is 0 Å². The summed E-state index contributed by atoms with van der Waals surface area (Å²) in [6, 6.07) is 19.2. The van der Waals surface area contributed by atoms with Crippen molar-refractivity contribution in [2.45, 2.75) is 11.8 Å². The van der Waals surface area contributed by atoms with Gasteiger partial charge in [0.1, 0.15) is 22.3 Å². The van der Waals surface area contributed by atoms with Crippen LogP contribution in [0.5, 0.6) is 5.75 Å². The lowest BCUT2D eigenvalue weighted by Crippen LogP contribution is -2.14. The predicted octanol–water partition coefficient (Wildman–Crippen LogP) is 4.22. The molecule has 0 aliphatic carbocycles. The number of nitriles is 1. The summed E-state index contributed by atoms with van der Waals surface area (Å²) < 4.78 is 29.7. The Morgan fingerprint density at radius 3 is 2.36 bits per heavy atom. The van der Waals surface area contributed by atoms with Crippen molar-refractivity contribution in [2.75, 3.05) is 5.32 Å². The molecule has 0 saturated carbocycles. The Morgan fingerprint density at radius 1 is 1.09 bits per heavy atom. The van der Waals surface area contributed by atoms with Gasteiger partial charge in [-0.05, 0) is 48.4 Å². The van der Waals surface area contributed by atoms with Crippen molar-refractivity contribution in [3.05, 3.63) is 99.6 Å². The summed E-state index contributed by atoms with van der Waals surface area (Å²) in [7, 11) is -4.00. The molecule has 9 nitrogen and oxygen atoms in total. The predicted molar refractivity (Wildman–Crippen MR) is 121 cm³/mol. The quantitative estimate of drug-likeness (QED) is 0.182. The molecule has 0 atom stereocenters. The van der Waals surface area contributed by atoms with Gasteiger partial charge >= 0.3 is 10.1 Å². The third kappa shape index (κ3) is 5.81. The zero-order valence-electron chi connectivity index (χ0n) is 17.3. The van der Waals surface area contributed by atoms with Crippen LogP contribution in [0.2, 0.25) is 0 Å². The molecule has 0 aromatic heterocycles. The first-order valence-electron chi connectivity index (χ1n) is 9.47. The average Bonchev–Trinajstić information content (AvgIpc) is 2.80. The molecule has 10 heteroatoms. The Labute approximate surface area is 189 Å². The van der Waals surface area contributed by atoms with Crippen molar-refractivity contribution in [3.8, 4) is 11.8 Å². The summed E-state index contributed by atoms with van der Waals surface area (Å²) in [5, 5.41) is 22.8. The summed E-state index contributed by atoms with van der Waals surface area (Å²) >= 11 is 0. The van der Waals surface area contributed by atoms with E-state index in [2.05, 4.69) is 5.32 Å². The number of carbonyl (C=O) groups is 1. The van der Waals surface area contributed by atoms with E-state index in [4.69, 9.17) is 4.18 Å². The number of amides is 1. The molecule has 0 aliphatic rings. The molecule has 1 amide bonds. The maximum absolute atomic E-state index is 12.5. The molecular formula is C23H17N3O6S. The van der Waals surface area contributed by atoms with E-state index in [1.807, 2.05) is 0 Å². The number of hydrogen-bond donors (Lipinski definition) is 1. The zero-order valence-corrected chi connectivity index (χ0v) is 18.1. The minimum Gasteiger partial charge on any atom is -0.379 e. The van der Waals surface area contributed by atoms with E-state index in [0.29, 0.717) is 11.1 Å². The highest BCUT2D eigenvalue weighted by Crippen LogP contribution is 2.23. The van der Waals surface area contributed by atoms with Crippen LogP contribution < -0.4 is 9.50 Å². The van der Waals surface area contributed by atoms with Crippen LogP contribution in [0.4, 0.5) is 11.4 Å². The SMILES string of the molecule is Cc1ccc([N+](=O)[O-])cc1NC(=O)/C(C#N)=C/c1ccc(OS(=O)(=O)c2ccccc2)cc1. The lowest BCUT2D eigenvalue weighted by Gasteiger charge is -2.08. The fourth-order valence-corrected chi connectivity index (χ4v) is 3.70. The van der Waals surface area contributed by atoms with Crippen LogP contribution in [0.3, 0.4) is 0 Å². The van der Waals surface area contributed by atoms with E-state index in [0.717, 1.165) is 0 Å². The van der Waals surface area contributed by atoms with Gasteiger partial charge in [0.2, 0.25) is 0 Å². The number of aryl methyl sites for hydroxylation is 1. The van der Waals surface area contributed by atoms with E-state index in [1.54, 1.807) is 31.2 Å². The monoisotopic (exact) mass is 463 g/mol. The summed E-state index contributed by atoms with van der Waals surface area (Å²) in [6.45, 7) is 1.66. The number of non-ortho nitro benzene ring substituents is 1. The lowest BCUT2D eigenvalue weighted by atomic mass is 10.1. The van der Waals surface area contributed by atoms with Gasteiger partial charge in [0.05, 0.1) is 10.6 Å². The lowest BCUT2D eigenvalue weighted by molar-refractivity contribution is -0.384. The molecule has 3 aromatic rings. The normalized spacial score (nSPS) is 11.3. The second-order valence-corrected chi connectivity index (χ2v) is 8.35. The molecular weight excluding hydrogens is 446 g/mol. The molecule has 0 spiro atoms. The number of nitro groups is 1. The highest BCUT2D eigenvalue weighted by atomic mass is 32.2. The summed E-state index contributed by atoms with van der Waals surface area (Å²) in [5.41, 5.74) is 0.811. The fourth-order valence-electron chi connectivity index (χ4n) is 2.74. The number of anilines is 1. The molecule has 0 heterocycles. The number of nitrogens with zero attached hydrogens (tertiary/aromatic N) is 2. The van der Waals surface area contributed by atoms with E-state index in [1.165, 1.54) is 60.7 Å². The van der Waals surface area contributed by atoms with Crippen molar-refractivity contribution in [3.63, 3.8) is 0 Å². The van der Waals surface area contributed by atoms with Crippen molar-refractivity contribution in [1.82, 2.24) is 0 Å². The van der Waals surface area contributed by atoms with Crippen LogP contribution in [0.1, 0.15) is 11.1 Å². The number of rotatable bonds is 7. The highest BCUT2D eigenvalue weighted by molar-refractivity contribution is 7.87. The Morgan fingerprint density at radius 2 is 1.76 bits per heavy atom. The van der Waals surface area contributed by atoms with Crippen LogP contribution in [-0.2, 0) is 14.9 Å². The number of hydrogen-bond acceptors (Lipinski definition) is 7. The Bertz CT molecular complexity index is 1380. The summed E-state index contributed by atoms with van der Waals surface area (Å²) in [5.74, 6) is -0.681. The zero-order chi connectivity index (χ0) is 24.0. The maximum Gasteiger partial charge on any atom is 0.339 e. The average molecular weight is 463 g/mol. The smallest absolute Gasteiger partial charge is 0.339 e. The van der Waals surface area contributed by atoms with Crippen molar-refractivity contribution in [2.24, 2.45) is 0 Å². The van der Waals surface area contributed by atoms with Crippen LogP contribution >= 0.6 is 0 Å². The largest absolute Gasteiger partial charge is 0.379 e. The molecule has 0 bridgehead atoms. The molecule has 0 unspecified atom stereocenters. The summed E-state index contributed by atoms with van der Waals surface area (Å²) in [4.78, 5) is 22.9. The molecule has 0 saturated heterocycles.